The lowest BCUT2D eigenvalue weighted by atomic mass is 9.87. The molecule has 1 spiro atoms. The van der Waals surface area contributed by atoms with Crippen molar-refractivity contribution in [2.75, 3.05) is 40.1 Å². The predicted octanol–water partition coefficient (Wildman–Crippen LogP) is 1.31. The lowest BCUT2D eigenvalue weighted by Crippen LogP contribution is -2.52. The van der Waals surface area contributed by atoms with Gasteiger partial charge in [0.05, 0.1) is 32.5 Å². The molecular weight excluding hydrogens is 246 g/mol. The van der Waals surface area contributed by atoms with Gasteiger partial charge in [0.2, 0.25) is 0 Å². The van der Waals surface area contributed by atoms with Gasteiger partial charge in [0.25, 0.3) is 0 Å². The number of rotatable bonds is 7. The zero-order valence-corrected chi connectivity index (χ0v) is 12.2. The van der Waals surface area contributed by atoms with Gasteiger partial charge < -0.3 is 24.3 Å². The van der Waals surface area contributed by atoms with E-state index in [-0.39, 0.29) is 11.9 Å². The van der Waals surface area contributed by atoms with Crippen LogP contribution in [0.25, 0.3) is 0 Å². The lowest BCUT2D eigenvalue weighted by Gasteiger charge is -2.41. The summed E-state index contributed by atoms with van der Waals surface area (Å²) in [5.41, 5.74) is 0. The van der Waals surface area contributed by atoms with Gasteiger partial charge >= 0.3 is 0 Å². The highest BCUT2D eigenvalue weighted by atomic mass is 16.7. The Balaban J connectivity index is 1.88. The molecule has 2 rings (SSSR count). The number of ether oxygens (including phenoxy) is 4. The maximum atomic E-state index is 5.97. The summed E-state index contributed by atoms with van der Waals surface area (Å²) in [6, 6.07) is 0.398. The van der Waals surface area contributed by atoms with Crippen LogP contribution in [-0.2, 0) is 18.9 Å². The summed E-state index contributed by atoms with van der Waals surface area (Å²) >= 11 is 0. The van der Waals surface area contributed by atoms with Crippen molar-refractivity contribution in [1.29, 1.82) is 0 Å². The van der Waals surface area contributed by atoms with E-state index in [1.54, 1.807) is 7.11 Å². The largest absolute Gasteiger partial charge is 0.382 e. The second-order valence-electron chi connectivity index (χ2n) is 5.31. The third-order valence-corrected chi connectivity index (χ3v) is 3.89. The fourth-order valence-electron chi connectivity index (χ4n) is 2.89. The van der Waals surface area contributed by atoms with Crippen LogP contribution in [0.4, 0.5) is 0 Å². The fraction of sp³-hybridized carbons (Fsp3) is 1.00. The van der Waals surface area contributed by atoms with Gasteiger partial charge in [-0.05, 0) is 19.4 Å². The summed E-state index contributed by atoms with van der Waals surface area (Å²) in [6.07, 6.45) is 4.10. The van der Waals surface area contributed by atoms with Gasteiger partial charge in [0.1, 0.15) is 0 Å². The first-order chi connectivity index (χ1) is 9.29. The molecule has 0 bridgehead atoms. The van der Waals surface area contributed by atoms with E-state index in [9.17, 15) is 0 Å². The molecule has 1 saturated heterocycles. The predicted molar refractivity (Wildman–Crippen MR) is 72.2 cm³/mol. The first-order valence-corrected chi connectivity index (χ1v) is 7.41. The first-order valence-electron chi connectivity index (χ1n) is 7.41. The molecule has 0 aromatic heterocycles. The number of hydrogen-bond acceptors (Lipinski definition) is 5. The SMILES string of the molecule is CCCNC1CCC2(CC1OCCOC)OCCO2. The molecule has 19 heavy (non-hydrogen) atoms. The molecule has 0 amide bonds. The molecule has 5 heteroatoms. The maximum Gasteiger partial charge on any atom is 0.171 e. The van der Waals surface area contributed by atoms with Crippen molar-refractivity contribution in [1.82, 2.24) is 5.32 Å². The second-order valence-corrected chi connectivity index (χ2v) is 5.31. The van der Waals surface area contributed by atoms with E-state index in [2.05, 4.69) is 12.2 Å². The Kier molecular flexibility index (Phi) is 6.04. The topological polar surface area (TPSA) is 49.0 Å². The van der Waals surface area contributed by atoms with Crippen LogP contribution in [0.5, 0.6) is 0 Å². The van der Waals surface area contributed by atoms with E-state index in [0.29, 0.717) is 32.5 Å². The van der Waals surface area contributed by atoms with Crippen molar-refractivity contribution < 1.29 is 18.9 Å². The fourth-order valence-corrected chi connectivity index (χ4v) is 2.89. The smallest absolute Gasteiger partial charge is 0.171 e. The van der Waals surface area contributed by atoms with Gasteiger partial charge in [-0.3, -0.25) is 0 Å². The molecule has 0 aromatic rings. The highest BCUT2D eigenvalue weighted by Gasteiger charge is 2.45. The molecule has 1 aliphatic heterocycles. The number of nitrogens with one attached hydrogen (secondary N) is 1. The van der Waals surface area contributed by atoms with Gasteiger partial charge in [-0.2, -0.15) is 0 Å². The van der Waals surface area contributed by atoms with Crippen molar-refractivity contribution in [3.05, 3.63) is 0 Å². The molecule has 2 atom stereocenters. The van der Waals surface area contributed by atoms with E-state index >= 15 is 0 Å². The summed E-state index contributed by atoms with van der Waals surface area (Å²) in [5, 5.41) is 3.58. The summed E-state index contributed by atoms with van der Waals surface area (Å²) < 4.78 is 22.6. The molecular formula is C14H27NO4. The zero-order chi connectivity index (χ0) is 13.6. The molecule has 1 N–H and O–H groups in total. The highest BCUT2D eigenvalue weighted by Crippen LogP contribution is 2.37. The standard InChI is InChI=1S/C14H27NO4/c1-3-6-15-12-4-5-14(18-9-10-19-14)11-13(12)17-8-7-16-2/h12-13,15H,3-11H2,1-2H3. The van der Waals surface area contributed by atoms with Crippen LogP contribution in [0.3, 0.4) is 0 Å². The van der Waals surface area contributed by atoms with Gasteiger partial charge in [-0.1, -0.05) is 6.92 Å². The summed E-state index contributed by atoms with van der Waals surface area (Å²) in [5.74, 6) is -0.387. The quantitative estimate of drug-likeness (QED) is 0.709. The average molecular weight is 273 g/mol. The Morgan fingerprint density at radius 3 is 2.74 bits per heavy atom. The third kappa shape index (κ3) is 4.13. The van der Waals surface area contributed by atoms with Crippen molar-refractivity contribution >= 4 is 0 Å². The molecule has 5 nitrogen and oxygen atoms in total. The number of methoxy groups -OCH3 is 1. The molecule has 2 aliphatic rings. The molecule has 1 heterocycles. The Morgan fingerprint density at radius 2 is 2.05 bits per heavy atom. The van der Waals surface area contributed by atoms with E-state index in [4.69, 9.17) is 18.9 Å². The van der Waals surface area contributed by atoms with Crippen molar-refractivity contribution in [3.63, 3.8) is 0 Å². The minimum atomic E-state index is -0.387. The highest BCUT2D eigenvalue weighted by molar-refractivity contribution is 4.92. The lowest BCUT2D eigenvalue weighted by molar-refractivity contribution is -0.208. The monoisotopic (exact) mass is 273 g/mol. The first kappa shape index (κ1) is 15.2. The van der Waals surface area contributed by atoms with Gasteiger partial charge in [0, 0.05) is 26.0 Å². The molecule has 0 radical (unpaired) electrons. The summed E-state index contributed by atoms with van der Waals surface area (Å²) in [6.45, 7) is 5.88. The van der Waals surface area contributed by atoms with Crippen LogP contribution in [0.2, 0.25) is 0 Å². The van der Waals surface area contributed by atoms with Gasteiger partial charge in [0.15, 0.2) is 5.79 Å². The summed E-state index contributed by atoms with van der Waals surface area (Å²) in [7, 11) is 1.70. The van der Waals surface area contributed by atoms with Crippen LogP contribution < -0.4 is 5.32 Å². The minimum Gasteiger partial charge on any atom is -0.382 e. The zero-order valence-electron chi connectivity index (χ0n) is 12.2. The maximum absolute atomic E-state index is 5.97. The Labute approximate surface area is 115 Å². The van der Waals surface area contributed by atoms with Crippen LogP contribution in [-0.4, -0.2) is 58.0 Å². The molecule has 2 unspecified atom stereocenters. The Morgan fingerprint density at radius 1 is 1.26 bits per heavy atom. The van der Waals surface area contributed by atoms with Gasteiger partial charge in [-0.15, -0.1) is 0 Å². The normalized spacial score (nSPS) is 30.0. The van der Waals surface area contributed by atoms with Crippen molar-refractivity contribution in [2.45, 2.75) is 50.5 Å². The van der Waals surface area contributed by atoms with E-state index in [1.165, 1.54) is 0 Å². The molecule has 112 valence electrons. The van der Waals surface area contributed by atoms with Crippen LogP contribution in [0.15, 0.2) is 0 Å². The molecule has 0 aromatic carbocycles. The van der Waals surface area contributed by atoms with Crippen LogP contribution >= 0.6 is 0 Å². The van der Waals surface area contributed by atoms with Crippen LogP contribution in [0, 0.1) is 0 Å². The minimum absolute atomic E-state index is 0.147. The Bertz CT molecular complexity index is 256. The van der Waals surface area contributed by atoms with Crippen molar-refractivity contribution in [3.8, 4) is 0 Å². The Hall–Kier alpha value is -0.200. The van der Waals surface area contributed by atoms with E-state index in [1.807, 2.05) is 0 Å². The molecule has 1 aliphatic carbocycles. The molecule has 1 saturated carbocycles. The summed E-state index contributed by atoms with van der Waals surface area (Å²) in [4.78, 5) is 0. The number of hydrogen-bond donors (Lipinski definition) is 1. The van der Waals surface area contributed by atoms with Crippen LogP contribution in [0.1, 0.15) is 32.6 Å². The van der Waals surface area contributed by atoms with E-state index in [0.717, 1.165) is 32.2 Å². The average Bonchev–Trinajstić information content (AvgIpc) is 2.87. The van der Waals surface area contributed by atoms with Crippen molar-refractivity contribution in [2.24, 2.45) is 0 Å². The van der Waals surface area contributed by atoms with Gasteiger partial charge in [-0.25, -0.2) is 0 Å². The van der Waals surface area contributed by atoms with E-state index < -0.39 is 0 Å². The second kappa shape index (κ2) is 7.55. The molecule has 2 fully saturated rings. The third-order valence-electron chi connectivity index (χ3n) is 3.89.